The molecule has 0 aliphatic heterocycles. The molecule has 49 valence electrons. The molecule has 0 fully saturated rings. The Labute approximate surface area is 50.5 Å². The molecule has 1 radical (unpaired) electrons. The number of hydrogen-bond acceptors (Lipinski definition) is 1. The van der Waals surface area contributed by atoms with E-state index in [2.05, 4.69) is 0 Å². The first-order valence-corrected chi connectivity index (χ1v) is 2.90. The predicted octanol–water partition coefficient (Wildman–Crippen LogP) is 1.44. The number of hydrogen-bond donors (Lipinski definition) is 0. The van der Waals surface area contributed by atoms with Gasteiger partial charge in [-0.25, -0.2) is 5.11 Å². The third-order valence-corrected chi connectivity index (χ3v) is 0.664. The van der Waals surface area contributed by atoms with E-state index in [1.807, 2.05) is 13.8 Å². The van der Waals surface area contributed by atoms with Crippen molar-refractivity contribution in [2.75, 3.05) is 6.61 Å². The van der Waals surface area contributed by atoms with Gasteiger partial charge >= 0.3 is 0 Å². The fourth-order valence-electron chi connectivity index (χ4n) is 0.328. The average Bonchev–Trinajstić information content (AvgIpc) is 1.61. The molecule has 0 spiro atoms. The highest BCUT2D eigenvalue weighted by Gasteiger charge is 1.97. The summed E-state index contributed by atoms with van der Waals surface area (Å²) in [6, 6.07) is 0. The van der Waals surface area contributed by atoms with Gasteiger partial charge in [0.05, 0.1) is 6.61 Å². The summed E-state index contributed by atoms with van der Waals surface area (Å²) in [5.74, 6) is 0.464. The van der Waals surface area contributed by atoms with Crippen molar-refractivity contribution in [3.63, 3.8) is 0 Å². The Morgan fingerprint density at radius 1 is 1.38 bits per heavy atom. The molecule has 8 heavy (non-hydrogen) atoms. The SMILES string of the molecule is CC(C)COC(C)[O]. The van der Waals surface area contributed by atoms with Crippen molar-refractivity contribution in [1.82, 2.24) is 0 Å². The number of rotatable bonds is 3. The lowest BCUT2D eigenvalue weighted by atomic mass is 10.2. The molecule has 0 aromatic heterocycles. The first-order valence-electron chi connectivity index (χ1n) is 2.90. The van der Waals surface area contributed by atoms with E-state index in [1.54, 1.807) is 0 Å². The van der Waals surface area contributed by atoms with Crippen molar-refractivity contribution in [3.8, 4) is 0 Å². The summed E-state index contributed by atoms with van der Waals surface area (Å²) in [5.41, 5.74) is 0. The van der Waals surface area contributed by atoms with Gasteiger partial charge in [0, 0.05) is 0 Å². The summed E-state index contributed by atoms with van der Waals surface area (Å²) in [7, 11) is 0. The quantitative estimate of drug-likeness (QED) is 0.514. The Bertz CT molecular complexity index is 42.5. The van der Waals surface area contributed by atoms with Crippen molar-refractivity contribution in [2.45, 2.75) is 27.1 Å². The van der Waals surface area contributed by atoms with E-state index in [-0.39, 0.29) is 0 Å². The van der Waals surface area contributed by atoms with E-state index >= 15 is 0 Å². The summed E-state index contributed by atoms with van der Waals surface area (Å²) >= 11 is 0. The first kappa shape index (κ1) is 7.92. The second kappa shape index (κ2) is 3.87. The van der Waals surface area contributed by atoms with Crippen LogP contribution in [-0.4, -0.2) is 12.9 Å². The van der Waals surface area contributed by atoms with Gasteiger partial charge in [-0.2, -0.15) is 0 Å². The van der Waals surface area contributed by atoms with Crippen LogP contribution >= 0.6 is 0 Å². The minimum atomic E-state index is -0.864. The Balaban J connectivity index is 2.93. The molecule has 0 N–H and O–H groups in total. The van der Waals surface area contributed by atoms with Crippen molar-refractivity contribution in [1.29, 1.82) is 0 Å². The van der Waals surface area contributed by atoms with Gasteiger partial charge in [0.25, 0.3) is 0 Å². The molecule has 1 unspecified atom stereocenters. The normalized spacial score (nSPS) is 14.6. The smallest absolute Gasteiger partial charge is 0.188 e. The topological polar surface area (TPSA) is 29.1 Å². The van der Waals surface area contributed by atoms with Gasteiger partial charge in [-0.1, -0.05) is 13.8 Å². The van der Waals surface area contributed by atoms with Crippen molar-refractivity contribution in [2.24, 2.45) is 5.92 Å². The lowest BCUT2D eigenvalue weighted by Crippen LogP contribution is -2.09. The Morgan fingerprint density at radius 3 is 2.00 bits per heavy atom. The third-order valence-electron chi connectivity index (χ3n) is 0.664. The Kier molecular flexibility index (Phi) is 3.83. The Morgan fingerprint density at radius 2 is 1.88 bits per heavy atom. The van der Waals surface area contributed by atoms with Crippen molar-refractivity contribution < 1.29 is 9.84 Å². The average molecular weight is 117 g/mol. The zero-order chi connectivity index (χ0) is 6.57. The molecule has 0 rings (SSSR count). The zero-order valence-corrected chi connectivity index (χ0v) is 5.68. The molecule has 1 atom stereocenters. The van der Waals surface area contributed by atoms with Gasteiger partial charge < -0.3 is 4.74 Å². The maximum Gasteiger partial charge on any atom is 0.188 e. The van der Waals surface area contributed by atoms with Crippen molar-refractivity contribution >= 4 is 0 Å². The van der Waals surface area contributed by atoms with Gasteiger partial charge in [0.15, 0.2) is 6.29 Å². The molecule has 0 bridgehead atoms. The molecular formula is C6H13O2. The highest BCUT2D eigenvalue weighted by atomic mass is 16.6. The summed E-state index contributed by atoms with van der Waals surface area (Å²) in [5, 5.41) is 10.2. The summed E-state index contributed by atoms with van der Waals surface area (Å²) < 4.78 is 4.75. The van der Waals surface area contributed by atoms with Gasteiger partial charge in [-0.05, 0) is 12.8 Å². The molecule has 0 aromatic carbocycles. The van der Waals surface area contributed by atoms with Crippen LogP contribution in [0.4, 0.5) is 0 Å². The van der Waals surface area contributed by atoms with E-state index in [0.717, 1.165) is 0 Å². The highest BCUT2D eigenvalue weighted by molar-refractivity contribution is 4.38. The predicted molar refractivity (Wildman–Crippen MR) is 30.9 cm³/mol. The molecule has 0 amide bonds. The first-order chi connectivity index (χ1) is 3.63. The van der Waals surface area contributed by atoms with E-state index in [4.69, 9.17) is 4.74 Å². The largest absolute Gasteiger partial charge is 0.350 e. The Hall–Kier alpha value is -0.0800. The molecular weight excluding hydrogens is 104 g/mol. The fourth-order valence-corrected chi connectivity index (χ4v) is 0.328. The molecule has 2 heteroatoms. The van der Waals surface area contributed by atoms with E-state index < -0.39 is 6.29 Å². The van der Waals surface area contributed by atoms with Crippen LogP contribution in [0, 0.1) is 5.92 Å². The van der Waals surface area contributed by atoms with Crippen LogP contribution in [0.2, 0.25) is 0 Å². The second-order valence-corrected chi connectivity index (χ2v) is 2.29. The summed E-state index contributed by atoms with van der Waals surface area (Å²) in [4.78, 5) is 0. The third kappa shape index (κ3) is 5.92. The van der Waals surface area contributed by atoms with E-state index in [0.29, 0.717) is 12.5 Å². The van der Waals surface area contributed by atoms with Crippen LogP contribution in [0.25, 0.3) is 0 Å². The fraction of sp³-hybridized carbons (Fsp3) is 1.00. The lowest BCUT2D eigenvalue weighted by molar-refractivity contribution is -0.133. The maximum absolute atomic E-state index is 10.2. The molecule has 0 aromatic rings. The summed E-state index contributed by atoms with van der Waals surface area (Å²) in [6.07, 6.45) is -0.864. The van der Waals surface area contributed by atoms with E-state index in [1.165, 1.54) is 6.92 Å². The van der Waals surface area contributed by atoms with Crippen LogP contribution in [0.3, 0.4) is 0 Å². The number of ether oxygens (including phenoxy) is 1. The molecule has 0 aliphatic rings. The van der Waals surface area contributed by atoms with Gasteiger partial charge in [0.1, 0.15) is 0 Å². The molecule has 0 aliphatic carbocycles. The highest BCUT2D eigenvalue weighted by Crippen LogP contribution is 1.94. The monoisotopic (exact) mass is 117 g/mol. The van der Waals surface area contributed by atoms with Gasteiger partial charge in [-0.3, -0.25) is 0 Å². The van der Waals surface area contributed by atoms with Crippen LogP contribution in [-0.2, 0) is 9.84 Å². The lowest BCUT2D eigenvalue weighted by Gasteiger charge is -2.05. The maximum atomic E-state index is 10.2. The van der Waals surface area contributed by atoms with Crippen LogP contribution in [0.1, 0.15) is 20.8 Å². The minimum absolute atomic E-state index is 0.464. The zero-order valence-electron chi connectivity index (χ0n) is 5.68. The molecule has 0 saturated heterocycles. The second-order valence-electron chi connectivity index (χ2n) is 2.29. The molecule has 0 heterocycles. The van der Waals surface area contributed by atoms with Gasteiger partial charge in [0.2, 0.25) is 0 Å². The van der Waals surface area contributed by atoms with Crippen LogP contribution < -0.4 is 0 Å². The standard InChI is InChI=1S/C6H13O2/c1-5(2)4-8-6(3)7/h5-6H,4H2,1-3H3. The summed E-state index contributed by atoms with van der Waals surface area (Å²) in [6.45, 7) is 6.11. The van der Waals surface area contributed by atoms with Crippen LogP contribution in [0.5, 0.6) is 0 Å². The van der Waals surface area contributed by atoms with Crippen molar-refractivity contribution in [3.05, 3.63) is 0 Å². The van der Waals surface area contributed by atoms with E-state index in [9.17, 15) is 5.11 Å². The minimum Gasteiger partial charge on any atom is -0.350 e. The van der Waals surface area contributed by atoms with Gasteiger partial charge in [-0.15, -0.1) is 0 Å². The molecule has 0 saturated carbocycles. The van der Waals surface area contributed by atoms with Crippen LogP contribution in [0.15, 0.2) is 0 Å². The molecule has 2 nitrogen and oxygen atoms in total.